The van der Waals surface area contributed by atoms with Gasteiger partial charge in [0.15, 0.2) is 5.96 Å². The zero-order valence-corrected chi connectivity index (χ0v) is 18.1. The Labute approximate surface area is 174 Å². The first-order valence-corrected chi connectivity index (χ1v) is 10.4. The van der Waals surface area contributed by atoms with Crippen LogP contribution in [0, 0.1) is 0 Å². The van der Waals surface area contributed by atoms with E-state index < -0.39 is 0 Å². The fourth-order valence-electron chi connectivity index (χ4n) is 3.89. The minimum absolute atomic E-state index is 0.0557. The van der Waals surface area contributed by atoms with Crippen LogP contribution in [0.3, 0.4) is 0 Å². The number of carbonyl (C=O) groups is 1. The van der Waals surface area contributed by atoms with Gasteiger partial charge < -0.3 is 24.6 Å². The minimum Gasteiger partial charge on any atom is -0.497 e. The van der Waals surface area contributed by atoms with E-state index in [4.69, 9.17) is 9.47 Å². The van der Waals surface area contributed by atoms with Gasteiger partial charge in [-0.1, -0.05) is 26.0 Å². The monoisotopic (exact) mass is 402 g/mol. The van der Waals surface area contributed by atoms with Crippen LogP contribution < -0.4 is 10.1 Å². The second-order valence-corrected chi connectivity index (χ2v) is 8.33. The summed E-state index contributed by atoms with van der Waals surface area (Å²) in [5.41, 5.74) is 1.19. The Hall–Kier alpha value is -2.28. The van der Waals surface area contributed by atoms with Crippen molar-refractivity contribution < 1.29 is 14.3 Å². The highest BCUT2D eigenvalue weighted by Crippen LogP contribution is 2.24. The van der Waals surface area contributed by atoms with E-state index in [1.54, 1.807) is 7.11 Å². The van der Waals surface area contributed by atoms with E-state index in [9.17, 15) is 4.79 Å². The Bertz CT molecular complexity index is 703. The first-order chi connectivity index (χ1) is 13.9. The third-order valence-corrected chi connectivity index (χ3v) is 5.87. The van der Waals surface area contributed by atoms with Crippen molar-refractivity contribution in [3.63, 3.8) is 0 Å². The summed E-state index contributed by atoms with van der Waals surface area (Å²) in [5, 5.41) is 3.52. The number of piperazine rings is 1. The number of methoxy groups -OCH3 is 1. The number of aliphatic imine (C=N–C) groups is 1. The van der Waals surface area contributed by atoms with Crippen molar-refractivity contribution in [1.29, 1.82) is 0 Å². The van der Waals surface area contributed by atoms with Gasteiger partial charge in [0.2, 0.25) is 0 Å². The zero-order valence-electron chi connectivity index (χ0n) is 18.1. The molecule has 2 aliphatic heterocycles. The number of amides is 1. The lowest BCUT2D eigenvalue weighted by Gasteiger charge is -2.38. The first-order valence-electron chi connectivity index (χ1n) is 10.4. The van der Waals surface area contributed by atoms with Crippen LogP contribution in [0.1, 0.15) is 32.3 Å². The molecular formula is C22H34N4O3. The van der Waals surface area contributed by atoms with Gasteiger partial charge in [-0.3, -0.25) is 9.79 Å². The molecule has 1 amide bonds. The summed E-state index contributed by atoms with van der Waals surface area (Å²) in [6.45, 7) is 8.88. The molecule has 2 saturated heterocycles. The molecule has 2 heterocycles. The van der Waals surface area contributed by atoms with E-state index in [0.717, 1.165) is 44.2 Å². The lowest BCUT2D eigenvalue weighted by Crippen LogP contribution is -2.56. The van der Waals surface area contributed by atoms with E-state index in [-0.39, 0.29) is 17.4 Å². The summed E-state index contributed by atoms with van der Waals surface area (Å²) in [6, 6.07) is 8.21. The molecule has 7 heteroatoms. The van der Waals surface area contributed by atoms with Gasteiger partial charge in [0.05, 0.1) is 7.11 Å². The predicted molar refractivity (Wildman–Crippen MR) is 115 cm³/mol. The molecule has 7 nitrogen and oxygen atoms in total. The summed E-state index contributed by atoms with van der Waals surface area (Å²) in [5.74, 6) is 1.89. The van der Waals surface area contributed by atoms with Gasteiger partial charge in [0.1, 0.15) is 11.9 Å². The van der Waals surface area contributed by atoms with Gasteiger partial charge in [-0.15, -0.1) is 0 Å². The number of benzene rings is 1. The van der Waals surface area contributed by atoms with Gasteiger partial charge in [-0.05, 0) is 30.5 Å². The maximum absolute atomic E-state index is 12.5. The van der Waals surface area contributed by atoms with Crippen molar-refractivity contribution in [2.24, 2.45) is 4.99 Å². The van der Waals surface area contributed by atoms with Crippen LogP contribution in [0.5, 0.6) is 5.75 Å². The maximum atomic E-state index is 12.5. The van der Waals surface area contributed by atoms with Crippen LogP contribution in [0.15, 0.2) is 29.3 Å². The summed E-state index contributed by atoms with van der Waals surface area (Å²) in [4.78, 5) is 21.2. The summed E-state index contributed by atoms with van der Waals surface area (Å²) in [7, 11) is 3.49. The normalized spacial score (nSPS) is 20.7. The van der Waals surface area contributed by atoms with E-state index >= 15 is 0 Å². The molecule has 0 saturated carbocycles. The van der Waals surface area contributed by atoms with E-state index in [0.29, 0.717) is 19.7 Å². The molecule has 0 aromatic heterocycles. The van der Waals surface area contributed by atoms with Gasteiger partial charge in [-0.25, -0.2) is 0 Å². The summed E-state index contributed by atoms with van der Waals surface area (Å²) in [6.07, 6.45) is 1.60. The number of nitrogens with zero attached hydrogens (tertiary/aromatic N) is 3. The van der Waals surface area contributed by atoms with Crippen molar-refractivity contribution in [2.75, 3.05) is 53.5 Å². The van der Waals surface area contributed by atoms with Crippen molar-refractivity contribution in [3.8, 4) is 5.75 Å². The van der Waals surface area contributed by atoms with Gasteiger partial charge in [0.25, 0.3) is 5.91 Å². The van der Waals surface area contributed by atoms with Crippen LogP contribution in [0.2, 0.25) is 0 Å². The Morgan fingerprint density at radius 1 is 1.21 bits per heavy atom. The second-order valence-electron chi connectivity index (χ2n) is 8.33. The number of hydrogen-bond acceptors (Lipinski definition) is 4. The van der Waals surface area contributed by atoms with E-state index in [1.807, 2.05) is 24.1 Å². The van der Waals surface area contributed by atoms with Crippen molar-refractivity contribution >= 4 is 11.9 Å². The van der Waals surface area contributed by atoms with Crippen LogP contribution in [0.25, 0.3) is 0 Å². The van der Waals surface area contributed by atoms with E-state index in [2.05, 4.69) is 41.2 Å². The average molecular weight is 403 g/mol. The van der Waals surface area contributed by atoms with Gasteiger partial charge >= 0.3 is 0 Å². The quantitative estimate of drug-likeness (QED) is 0.602. The molecule has 2 fully saturated rings. The number of carbonyl (C=O) groups excluding carboxylic acids is 1. The van der Waals surface area contributed by atoms with Crippen LogP contribution >= 0.6 is 0 Å². The number of ether oxygens (including phenoxy) is 2. The molecule has 1 atom stereocenters. The fourth-order valence-corrected chi connectivity index (χ4v) is 3.89. The Morgan fingerprint density at radius 3 is 2.41 bits per heavy atom. The van der Waals surface area contributed by atoms with Crippen molar-refractivity contribution in [3.05, 3.63) is 29.8 Å². The topological polar surface area (TPSA) is 66.4 Å². The van der Waals surface area contributed by atoms with Crippen LogP contribution in [-0.4, -0.2) is 81.3 Å². The molecule has 1 unspecified atom stereocenters. The Morgan fingerprint density at radius 2 is 1.86 bits per heavy atom. The molecule has 2 aliphatic rings. The highest BCUT2D eigenvalue weighted by atomic mass is 16.5. The molecule has 1 aromatic carbocycles. The first kappa shape index (κ1) is 21.4. The Kier molecular flexibility index (Phi) is 7.00. The number of nitrogens with one attached hydrogen (secondary N) is 1. The molecule has 3 rings (SSSR count). The lowest BCUT2D eigenvalue weighted by atomic mass is 9.84. The van der Waals surface area contributed by atoms with Crippen LogP contribution in [-0.2, 0) is 14.9 Å². The number of hydrogen-bond donors (Lipinski definition) is 1. The molecule has 29 heavy (non-hydrogen) atoms. The maximum Gasteiger partial charge on any atom is 0.251 e. The second kappa shape index (κ2) is 9.48. The summed E-state index contributed by atoms with van der Waals surface area (Å²) >= 11 is 0. The molecule has 0 spiro atoms. The minimum atomic E-state index is -0.232. The molecule has 1 N–H and O–H groups in total. The lowest BCUT2D eigenvalue weighted by molar-refractivity contribution is -0.142. The van der Waals surface area contributed by atoms with Crippen molar-refractivity contribution in [1.82, 2.24) is 15.1 Å². The smallest absolute Gasteiger partial charge is 0.251 e. The van der Waals surface area contributed by atoms with Gasteiger partial charge in [-0.2, -0.15) is 0 Å². The number of guanidine groups is 1. The average Bonchev–Trinajstić information content (AvgIpc) is 3.29. The van der Waals surface area contributed by atoms with Crippen LogP contribution in [0.4, 0.5) is 0 Å². The molecular weight excluding hydrogens is 368 g/mol. The Balaban J connectivity index is 1.51. The largest absolute Gasteiger partial charge is 0.497 e. The summed E-state index contributed by atoms with van der Waals surface area (Å²) < 4.78 is 10.8. The highest BCUT2D eigenvalue weighted by Gasteiger charge is 2.31. The molecule has 0 radical (unpaired) electrons. The highest BCUT2D eigenvalue weighted by molar-refractivity contribution is 5.82. The molecule has 0 bridgehead atoms. The predicted octanol–water partition coefficient (Wildman–Crippen LogP) is 1.87. The third kappa shape index (κ3) is 5.21. The molecule has 1 aromatic rings. The third-order valence-electron chi connectivity index (χ3n) is 5.87. The molecule has 0 aliphatic carbocycles. The van der Waals surface area contributed by atoms with Crippen molar-refractivity contribution in [2.45, 2.75) is 38.2 Å². The zero-order chi connectivity index (χ0) is 20.9. The standard InChI is InChI=1S/C22H34N4O3/c1-22(2,17-7-9-18(28-4)10-8-17)16-24-21(23-3)26-13-11-25(12-14-26)20(27)19-6-5-15-29-19/h7-10,19H,5-6,11-16H2,1-4H3,(H,23,24). The molecule has 160 valence electrons. The van der Waals surface area contributed by atoms with Gasteiger partial charge in [0, 0.05) is 51.8 Å². The van der Waals surface area contributed by atoms with E-state index in [1.165, 1.54) is 5.56 Å². The SMILES string of the molecule is CN=C(NCC(C)(C)c1ccc(OC)cc1)N1CCN(C(=O)C2CCCO2)CC1. The fraction of sp³-hybridized carbons (Fsp3) is 0.636. The number of rotatable bonds is 5.